The Morgan fingerprint density at radius 1 is 1.10 bits per heavy atom. The zero-order chi connectivity index (χ0) is 21.9. The van der Waals surface area contributed by atoms with Crippen molar-refractivity contribution in [2.24, 2.45) is 5.10 Å². The minimum atomic E-state index is -0.859. The molecule has 30 heavy (non-hydrogen) atoms. The van der Waals surface area contributed by atoms with Crippen LogP contribution in [-0.4, -0.2) is 36.6 Å². The van der Waals surface area contributed by atoms with Gasteiger partial charge in [-0.25, -0.2) is 5.43 Å². The number of nitrogens with zero attached hydrogens (tertiary/aromatic N) is 1. The number of nitrogens with one attached hydrogen (secondary N) is 3. The van der Waals surface area contributed by atoms with E-state index in [1.165, 1.54) is 6.21 Å². The smallest absolute Gasteiger partial charge is 0.329 e. The van der Waals surface area contributed by atoms with Crippen LogP contribution in [-0.2, 0) is 14.4 Å². The molecule has 0 aromatic heterocycles. The number of hydrogen-bond acceptors (Lipinski definition) is 5. The summed E-state index contributed by atoms with van der Waals surface area (Å²) in [6.07, 6.45) is 2.06. The minimum Gasteiger partial charge on any atom is -0.483 e. The number of aryl methyl sites for hydroxylation is 1. The number of benzene rings is 2. The van der Waals surface area contributed by atoms with E-state index in [9.17, 15) is 14.4 Å². The van der Waals surface area contributed by atoms with Gasteiger partial charge in [-0.1, -0.05) is 31.2 Å². The van der Waals surface area contributed by atoms with Crippen LogP contribution < -0.4 is 20.8 Å². The molecule has 0 radical (unpaired) electrons. The molecule has 2 rings (SSSR count). The van der Waals surface area contributed by atoms with Crippen molar-refractivity contribution < 1.29 is 19.1 Å². The molecular weight excluding hydrogens is 384 g/mol. The van der Waals surface area contributed by atoms with Gasteiger partial charge in [0.25, 0.3) is 5.91 Å². The first-order valence-electron chi connectivity index (χ1n) is 9.61. The van der Waals surface area contributed by atoms with Gasteiger partial charge in [0.15, 0.2) is 6.61 Å². The van der Waals surface area contributed by atoms with E-state index in [4.69, 9.17) is 4.74 Å². The van der Waals surface area contributed by atoms with E-state index in [2.05, 4.69) is 21.2 Å². The van der Waals surface area contributed by atoms with E-state index in [1.807, 2.05) is 32.0 Å². The Balaban J connectivity index is 1.90. The number of carbonyl (C=O) groups is 3. The van der Waals surface area contributed by atoms with Gasteiger partial charge in [0.2, 0.25) is 0 Å². The lowest BCUT2D eigenvalue weighted by Crippen LogP contribution is -2.41. The molecule has 0 aliphatic carbocycles. The highest BCUT2D eigenvalue weighted by atomic mass is 16.5. The Morgan fingerprint density at radius 2 is 1.87 bits per heavy atom. The fraction of sp³-hybridized carbons (Fsp3) is 0.273. The summed E-state index contributed by atoms with van der Waals surface area (Å²) in [5.74, 6) is -1.50. The first-order valence-corrected chi connectivity index (χ1v) is 9.61. The van der Waals surface area contributed by atoms with Crippen LogP contribution in [0.5, 0.6) is 5.75 Å². The van der Waals surface area contributed by atoms with Gasteiger partial charge in [-0.05, 0) is 50.1 Å². The van der Waals surface area contributed by atoms with Crippen LogP contribution in [0.4, 0.5) is 5.69 Å². The quantitative estimate of drug-likeness (QED) is 0.353. The molecule has 3 amide bonds. The number of hydrazone groups is 1. The predicted octanol–water partition coefficient (Wildman–Crippen LogP) is 2.38. The SMILES string of the molecule is CC[C@H](C)NC(=O)C(=O)N/N=C\c1ccccc1OCC(=O)Nc1cccc(C)c1. The van der Waals surface area contributed by atoms with Gasteiger partial charge in [0, 0.05) is 17.3 Å². The standard InChI is InChI=1S/C22H26N4O4/c1-4-16(3)24-21(28)22(29)26-23-13-17-9-5-6-11-19(17)30-14-20(27)25-18-10-7-8-15(2)12-18/h5-13,16H,4,14H2,1-3H3,(H,24,28)(H,25,27)(H,26,29)/b23-13-/t16-/m0/s1. The second-order valence-corrected chi connectivity index (χ2v) is 6.73. The Morgan fingerprint density at radius 3 is 2.60 bits per heavy atom. The Kier molecular flexibility index (Phi) is 8.56. The summed E-state index contributed by atoms with van der Waals surface area (Å²) in [5.41, 5.74) is 4.45. The lowest BCUT2D eigenvalue weighted by molar-refractivity contribution is -0.139. The molecule has 158 valence electrons. The highest BCUT2D eigenvalue weighted by molar-refractivity contribution is 6.35. The average molecular weight is 410 g/mol. The maximum Gasteiger partial charge on any atom is 0.329 e. The maximum atomic E-state index is 12.1. The van der Waals surface area contributed by atoms with E-state index in [0.717, 1.165) is 5.56 Å². The van der Waals surface area contributed by atoms with Crippen LogP contribution in [0.15, 0.2) is 53.6 Å². The van der Waals surface area contributed by atoms with Crippen molar-refractivity contribution in [2.75, 3.05) is 11.9 Å². The Bertz CT molecular complexity index is 927. The summed E-state index contributed by atoms with van der Waals surface area (Å²) in [5, 5.41) is 9.11. The van der Waals surface area contributed by atoms with Crippen molar-refractivity contribution >= 4 is 29.6 Å². The van der Waals surface area contributed by atoms with Gasteiger partial charge in [0.1, 0.15) is 5.75 Å². The maximum absolute atomic E-state index is 12.1. The Labute approximate surface area is 175 Å². The number of amides is 3. The molecule has 0 saturated heterocycles. The highest BCUT2D eigenvalue weighted by Crippen LogP contribution is 2.16. The molecule has 1 atom stereocenters. The lowest BCUT2D eigenvalue weighted by atomic mass is 10.2. The molecule has 8 heteroatoms. The molecule has 0 bridgehead atoms. The third kappa shape index (κ3) is 7.38. The number of anilines is 1. The summed E-state index contributed by atoms with van der Waals surface area (Å²) in [6, 6.07) is 14.3. The summed E-state index contributed by atoms with van der Waals surface area (Å²) in [7, 11) is 0. The molecule has 8 nitrogen and oxygen atoms in total. The third-order valence-corrected chi connectivity index (χ3v) is 4.15. The summed E-state index contributed by atoms with van der Waals surface area (Å²) < 4.78 is 5.58. The summed E-state index contributed by atoms with van der Waals surface area (Å²) >= 11 is 0. The van der Waals surface area contributed by atoms with Crippen molar-refractivity contribution in [3.63, 3.8) is 0 Å². The molecule has 0 saturated carbocycles. The summed E-state index contributed by atoms with van der Waals surface area (Å²) in [6.45, 7) is 5.45. The number of carbonyl (C=O) groups excluding carboxylic acids is 3. The van der Waals surface area contributed by atoms with E-state index in [-0.39, 0.29) is 18.6 Å². The molecule has 2 aromatic rings. The normalized spacial score (nSPS) is 11.6. The number of para-hydroxylation sites is 1. The van der Waals surface area contributed by atoms with E-state index >= 15 is 0 Å². The van der Waals surface area contributed by atoms with Crippen molar-refractivity contribution in [2.45, 2.75) is 33.2 Å². The first-order chi connectivity index (χ1) is 14.4. The topological polar surface area (TPSA) is 109 Å². The predicted molar refractivity (Wildman–Crippen MR) is 115 cm³/mol. The monoisotopic (exact) mass is 410 g/mol. The van der Waals surface area contributed by atoms with Crippen LogP contribution in [0.1, 0.15) is 31.4 Å². The molecule has 0 spiro atoms. The molecule has 0 heterocycles. The molecule has 2 aromatic carbocycles. The van der Waals surface area contributed by atoms with Crippen molar-refractivity contribution in [1.29, 1.82) is 0 Å². The van der Waals surface area contributed by atoms with E-state index in [1.54, 1.807) is 37.3 Å². The largest absolute Gasteiger partial charge is 0.483 e. The number of rotatable bonds is 8. The van der Waals surface area contributed by atoms with Gasteiger partial charge in [-0.15, -0.1) is 0 Å². The van der Waals surface area contributed by atoms with Crippen LogP contribution in [0.3, 0.4) is 0 Å². The highest BCUT2D eigenvalue weighted by Gasteiger charge is 2.14. The average Bonchev–Trinajstić information content (AvgIpc) is 2.72. The van der Waals surface area contributed by atoms with Crippen LogP contribution >= 0.6 is 0 Å². The zero-order valence-corrected chi connectivity index (χ0v) is 17.3. The van der Waals surface area contributed by atoms with Crippen LogP contribution in [0.2, 0.25) is 0 Å². The minimum absolute atomic E-state index is 0.104. The molecule has 0 aliphatic rings. The first kappa shape index (κ1) is 22.6. The van der Waals surface area contributed by atoms with E-state index in [0.29, 0.717) is 23.4 Å². The van der Waals surface area contributed by atoms with Crippen LogP contribution in [0, 0.1) is 6.92 Å². The van der Waals surface area contributed by atoms with Gasteiger partial charge in [-0.3, -0.25) is 14.4 Å². The molecule has 0 unspecified atom stereocenters. The van der Waals surface area contributed by atoms with Crippen molar-refractivity contribution in [3.05, 3.63) is 59.7 Å². The second-order valence-electron chi connectivity index (χ2n) is 6.73. The van der Waals surface area contributed by atoms with Gasteiger partial charge >= 0.3 is 11.8 Å². The van der Waals surface area contributed by atoms with Gasteiger partial charge in [-0.2, -0.15) is 5.10 Å². The van der Waals surface area contributed by atoms with Gasteiger partial charge in [0.05, 0.1) is 6.21 Å². The Hall–Kier alpha value is -3.68. The molecule has 0 aliphatic heterocycles. The fourth-order valence-corrected chi connectivity index (χ4v) is 2.38. The van der Waals surface area contributed by atoms with Gasteiger partial charge < -0.3 is 15.4 Å². The van der Waals surface area contributed by atoms with Crippen LogP contribution in [0.25, 0.3) is 0 Å². The van der Waals surface area contributed by atoms with Crippen molar-refractivity contribution in [1.82, 2.24) is 10.7 Å². The third-order valence-electron chi connectivity index (χ3n) is 4.15. The fourth-order valence-electron chi connectivity index (χ4n) is 2.38. The summed E-state index contributed by atoms with van der Waals surface area (Å²) in [4.78, 5) is 35.6. The number of ether oxygens (including phenoxy) is 1. The lowest BCUT2D eigenvalue weighted by Gasteiger charge is -2.10. The molecule has 0 fully saturated rings. The molecule has 3 N–H and O–H groups in total. The second kappa shape index (κ2) is 11.4. The molecular formula is C22H26N4O4. The van der Waals surface area contributed by atoms with E-state index < -0.39 is 11.8 Å². The van der Waals surface area contributed by atoms with Crippen molar-refractivity contribution in [3.8, 4) is 5.75 Å². The zero-order valence-electron chi connectivity index (χ0n) is 17.3. The number of hydrogen-bond donors (Lipinski definition) is 3.